The zero-order chi connectivity index (χ0) is 13.5. The van der Waals surface area contributed by atoms with Crippen LogP contribution < -0.4 is 15.8 Å². The van der Waals surface area contributed by atoms with Crippen LogP contribution in [0.4, 0.5) is 11.9 Å². The average molecular weight is 254 g/mol. The zero-order valence-corrected chi connectivity index (χ0v) is 10.8. The smallest absolute Gasteiger partial charge is 0.323 e. The van der Waals surface area contributed by atoms with Crippen molar-refractivity contribution in [2.24, 2.45) is 0 Å². The number of amides is 1. The predicted molar refractivity (Wildman–Crippen MR) is 67.2 cm³/mol. The molecule has 0 aliphatic rings. The molecule has 0 spiro atoms. The summed E-state index contributed by atoms with van der Waals surface area (Å²) in [6.07, 6.45) is 0. The molecular weight excluding hydrogens is 236 g/mol. The molecule has 0 saturated carbocycles. The fraction of sp³-hybridized carbons (Fsp3) is 0.600. The highest BCUT2D eigenvalue weighted by Gasteiger charge is 2.09. The molecule has 100 valence electrons. The third kappa shape index (κ3) is 4.04. The van der Waals surface area contributed by atoms with E-state index >= 15 is 0 Å². The van der Waals surface area contributed by atoms with Gasteiger partial charge in [-0.1, -0.05) is 0 Å². The van der Waals surface area contributed by atoms with Crippen LogP contribution in [0.25, 0.3) is 0 Å². The molecule has 1 aromatic rings. The molecule has 0 aliphatic carbocycles. The summed E-state index contributed by atoms with van der Waals surface area (Å²) in [5.41, 5.74) is 5.50. The fourth-order valence-electron chi connectivity index (χ4n) is 1.11. The molecule has 0 unspecified atom stereocenters. The molecular formula is C10H18N6O2. The second-order valence-corrected chi connectivity index (χ2v) is 3.49. The monoisotopic (exact) mass is 254 g/mol. The summed E-state index contributed by atoms with van der Waals surface area (Å²) in [5.74, 6) is 0.213. The van der Waals surface area contributed by atoms with E-state index in [1.807, 2.05) is 13.8 Å². The Morgan fingerprint density at radius 3 is 2.72 bits per heavy atom. The Labute approximate surface area is 106 Å². The van der Waals surface area contributed by atoms with E-state index < -0.39 is 0 Å². The third-order valence-corrected chi connectivity index (χ3v) is 2.20. The van der Waals surface area contributed by atoms with Crippen molar-refractivity contribution in [3.05, 3.63) is 0 Å². The molecule has 0 radical (unpaired) electrons. The van der Waals surface area contributed by atoms with Gasteiger partial charge in [0.15, 0.2) is 0 Å². The van der Waals surface area contributed by atoms with Crippen LogP contribution in [0.3, 0.4) is 0 Å². The van der Waals surface area contributed by atoms with Crippen molar-refractivity contribution in [2.45, 2.75) is 13.8 Å². The molecule has 18 heavy (non-hydrogen) atoms. The van der Waals surface area contributed by atoms with Gasteiger partial charge in [0.2, 0.25) is 17.8 Å². The number of hydrogen-bond acceptors (Lipinski definition) is 7. The Morgan fingerprint density at radius 2 is 2.11 bits per heavy atom. The summed E-state index contributed by atoms with van der Waals surface area (Å²) >= 11 is 0. The first kappa shape index (κ1) is 13.9. The van der Waals surface area contributed by atoms with Crippen LogP contribution in [0.2, 0.25) is 0 Å². The van der Waals surface area contributed by atoms with E-state index in [1.54, 1.807) is 11.9 Å². The molecule has 1 heterocycles. The van der Waals surface area contributed by atoms with Gasteiger partial charge in [-0.15, -0.1) is 0 Å². The zero-order valence-electron chi connectivity index (χ0n) is 10.8. The number of likely N-dealkylation sites (N-methyl/N-ethyl adjacent to an activating group) is 1. The van der Waals surface area contributed by atoms with E-state index in [4.69, 9.17) is 10.5 Å². The number of nitrogens with one attached hydrogen (secondary N) is 1. The van der Waals surface area contributed by atoms with Crippen molar-refractivity contribution in [3.8, 4) is 6.01 Å². The molecule has 1 amide bonds. The van der Waals surface area contributed by atoms with Gasteiger partial charge in [-0.2, -0.15) is 15.0 Å². The first-order valence-electron chi connectivity index (χ1n) is 5.69. The van der Waals surface area contributed by atoms with Gasteiger partial charge < -0.3 is 20.7 Å². The normalized spacial score (nSPS) is 9.94. The van der Waals surface area contributed by atoms with Crippen molar-refractivity contribution >= 4 is 17.8 Å². The molecule has 0 fully saturated rings. The Hall–Kier alpha value is -2.12. The van der Waals surface area contributed by atoms with Crippen LogP contribution >= 0.6 is 0 Å². The Morgan fingerprint density at radius 1 is 1.39 bits per heavy atom. The number of nitrogens with zero attached hydrogens (tertiary/aromatic N) is 4. The topological polar surface area (TPSA) is 106 Å². The van der Waals surface area contributed by atoms with E-state index in [9.17, 15) is 4.79 Å². The summed E-state index contributed by atoms with van der Waals surface area (Å²) in [6, 6.07) is 0.142. The van der Waals surface area contributed by atoms with Crippen molar-refractivity contribution in [1.82, 2.24) is 19.9 Å². The van der Waals surface area contributed by atoms with E-state index in [0.29, 0.717) is 13.2 Å². The first-order chi connectivity index (χ1) is 8.56. The number of anilines is 2. The van der Waals surface area contributed by atoms with Gasteiger partial charge in [-0.3, -0.25) is 4.79 Å². The van der Waals surface area contributed by atoms with Crippen molar-refractivity contribution in [3.63, 3.8) is 0 Å². The molecule has 8 nitrogen and oxygen atoms in total. The second-order valence-electron chi connectivity index (χ2n) is 3.49. The SMILES string of the molecule is CCOc1nc(N)nc(NCC(=O)N(C)CC)n1. The number of rotatable bonds is 6. The molecule has 0 aromatic carbocycles. The van der Waals surface area contributed by atoms with Crippen LogP contribution in [-0.2, 0) is 4.79 Å². The van der Waals surface area contributed by atoms with Gasteiger partial charge >= 0.3 is 6.01 Å². The van der Waals surface area contributed by atoms with Crippen molar-refractivity contribution in [2.75, 3.05) is 37.8 Å². The first-order valence-corrected chi connectivity index (χ1v) is 5.69. The number of aromatic nitrogens is 3. The number of carbonyl (C=O) groups excluding carboxylic acids is 1. The minimum atomic E-state index is -0.0607. The second kappa shape index (κ2) is 6.58. The largest absolute Gasteiger partial charge is 0.464 e. The van der Waals surface area contributed by atoms with Gasteiger partial charge in [-0.25, -0.2) is 0 Å². The van der Waals surface area contributed by atoms with E-state index in [2.05, 4.69) is 20.3 Å². The lowest BCUT2D eigenvalue weighted by atomic mass is 10.5. The standard InChI is InChI=1S/C10H18N6O2/c1-4-16(3)7(17)6-12-9-13-8(11)14-10(15-9)18-5-2/h4-6H2,1-3H3,(H3,11,12,13,14,15). The number of hydrogen-bond donors (Lipinski definition) is 2. The molecule has 0 bridgehead atoms. The molecule has 0 saturated heterocycles. The lowest BCUT2D eigenvalue weighted by Crippen LogP contribution is -2.32. The maximum absolute atomic E-state index is 11.6. The lowest BCUT2D eigenvalue weighted by molar-refractivity contribution is -0.127. The molecule has 3 N–H and O–H groups in total. The van der Waals surface area contributed by atoms with Crippen LogP contribution in [0.1, 0.15) is 13.8 Å². The van der Waals surface area contributed by atoms with E-state index in [0.717, 1.165) is 0 Å². The van der Waals surface area contributed by atoms with Gasteiger partial charge in [0.1, 0.15) is 0 Å². The average Bonchev–Trinajstić information content (AvgIpc) is 2.34. The summed E-state index contributed by atoms with van der Waals surface area (Å²) in [5, 5.41) is 2.79. The Bertz CT molecular complexity index is 411. The number of nitrogens with two attached hydrogens (primary N) is 1. The predicted octanol–water partition coefficient (Wildman–Crippen LogP) is -0.257. The highest BCUT2D eigenvalue weighted by atomic mass is 16.5. The third-order valence-electron chi connectivity index (χ3n) is 2.20. The quantitative estimate of drug-likeness (QED) is 0.720. The van der Waals surface area contributed by atoms with Gasteiger partial charge in [-0.05, 0) is 13.8 Å². The lowest BCUT2D eigenvalue weighted by Gasteiger charge is -2.14. The maximum Gasteiger partial charge on any atom is 0.323 e. The van der Waals surface area contributed by atoms with Crippen molar-refractivity contribution < 1.29 is 9.53 Å². The highest BCUT2D eigenvalue weighted by molar-refractivity contribution is 5.80. The molecule has 8 heteroatoms. The summed E-state index contributed by atoms with van der Waals surface area (Å²) in [6.45, 7) is 4.88. The fourth-order valence-corrected chi connectivity index (χ4v) is 1.11. The van der Waals surface area contributed by atoms with Crippen LogP contribution in [0, 0.1) is 0 Å². The van der Waals surface area contributed by atoms with Gasteiger partial charge in [0.05, 0.1) is 13.2 Å². The van der Waals surface area contributed by atoms with Crippen LogP contribution in [-0.4, -0.2) is 52.5 Å². The van der Waals surface area contributed by atoms with Crippen molar-refractivity contribution in [1.29, 1.82) is 0 Å². The highest BCUT2D eigenvalue weighted by Crippen LogP contribution is 2.08. The number of ether oxygens (including phenoxy) is 1. The Balaban J connectivity index is 2.64. The number of carbonyl (C=O) groups is 1. The van der Waals surface area contributed by atoms with Gasteiger partial charge in [0.25, 0.3) is 0 Å². The molecule has 0 atom stereocenters. The summed E-state index contributed by atoms with van der Waals surface area (Å²) < 4.78 is 5.13. The molecule has 0 aliphatic heterocycles. The minimum absolute atomic E-state index is 0.0484. The molecule has 1 aromatic heterocycles. The van der Waals surface area contributed by atoms with E-state index in [-0.39, 0.29) is 30.4 Å². The van der Waals surface area contributed by atoms with Crippen LogP contribution in [0.5, 0.6) is 6.01 Å². The number of nitrogen functional groups attached to an aromatic ring is 1. The summed E-state index contributed by atoms with van der Waals surface area (Å²) in [7, 11) is 1.72. The van der Waals surface area contributed by atoms with Gasteiger partial charge in [0, 0.05) is 13.6 Å². The van der Waals surface area contributed by atoms with Crippen LogP contribution in [0.15, 0.2) is 0 Å². The summed E-state index contributed by atoms with van der Waals surface area (Å²) in [4.78, 5) is 24.8. The minimum Gasteiger partial charge on any atom is -0.464 e. The Kier molecular flexibility index (Phi) is 5.09. The maximum atomic E-state index is 11.6. The van der Waals surface area contributed by atoms with E-state index in [1.165, 1.54) is 0 Å². The molecule has 1 rings (SSSR count).